The SMILES string of the molecule is CCC1(c2cccc3ccccc23)CC2CC(O)C1C2. The average Bonchev–Trinajstić information content (AvgIpc) is 3.03. The number of hydrogen-bond donors (Lipinski definition) is 1. The Morgan fingerprint density at radius 3 is 2.65 bits per heavy atom. The minimum absolute atomic E-state index is 0.0901. The van der Waals surface area contributed by atoms with Crippen molar-refractivity contribution in [3.05, 3.63) is 48.0 Å². The zero-order chi connectivity index (χ0) is 13.7. The van der Waals surface area contributed by atoms with Gasteiger partial charge in [0.05, 0.1) is 6.10 Å². The van der Waals surface area contributed by atoms with Crippen LogP contribution in [0.4, 0.5) is 0 Å². The molecule has 2 fully saturated rings. The van der Waals surface area contributed by atoms with Crippen molar-refractivity contribution in [1.82, 2.24) is 0 Å². The van der Waals surface area contributed by atoms with Gasteiger partial charge in [-0.05, 0) is 53.9 Å². The van der Waals surface area contributed by atoms with Gasteiger partial charge in [-0.2, -0.15) is 0 Å². The summed E-state index contributed by atoms with van der Waals surface area (Å²) in [6.07, 6.45) is 4.56. The second-order valence-electron chi connectivity index (χ2n) is 6.75. The smallest absolute Gasteiger partial charge is 0.0579 e. The molecule has 0 spiro atoms. The highest BCUT2D eigenvalue weighted by Crippen LogP contribution is 2.59. The fraction of sp³-hybridized carbons (Fsp3) is 0.474. The van der Waals surface area contributed by atoms with Crippen LogP contribution < -0.4 is 0 Å². The van der Waals surface area contributed by atoms with Gasteiger partial charge in [0.1, 0.15) is 0 Å². The highest BCUT2D eigenvalue weighted by atomic mass is 16.3. The summed E-state index contributed by atoms with van der Waals surface area (Å²) >= 11 is 0. The maximum atomic E-state index is 10.4. The Balaban J connectivity index is 1.93. The van der Waals surface area contributed by atoms with Gasteiger partial charge in [0, 0.05) is 5.41 Å². The van der Waals surface area contributed by atoms with Gasteiger partial charge in [0.25, 0.3) is 0 Å². The molecule has 4 unspecified atom stereocenters. The van der Waals surface area contributed by atoms with Gasteiger partial charge in [0.2, 0.25) is 0 Å². The van der Waals surface area contributed by atoms with Gasteiger partial charge in [-0.3, -0.25) is 0 Å². The largest absolute Gasteiger partial charge is 0.393 e. The van der Waals surface area contributed by atoms with Crippen LogP contribution in [-0.2, 0) is 5.41 Å². The number of fused-ring (bicyclic) bond motifs is 3. The number of benzene rings is 2. The van der Waals surface area contributed by atoms with Crippen LogP contribution in [0.25, 0.3) is 10.8 Å². The topological polar surface area (TPSA) is 20.2 Å². The molecule has 0 aromatic heterocycles. The van der Waals surface area contributed by atoms with Gasteiger partial charge in [-0.15, -0.1) is 0 Å². The fourth-order valence-corrected chi connectivity index (χ4v) is 5.11. The van der Waals surface area contributed by atoms with E-state index in [0.29, 0.717) is 5.92 Å². The Kier molecular flexibility index (Phi) is 2.68. The van der Waals surface area contributed by atoms with E-state index < -0.39 is 0 Å². The van der Waals surface area contributed by atoms with Crippen molar-refractivity contribution in [1.29, 1.82) is 0 Å². The second kappa shape index (κ2) is 4.33. The molecule has 2 aromatic rings. The molecule has 2 saturated carbocycles. The Hall–Kier alpha value is -1.34. The minimum atomic E-state index is -0.0901. The van der Waals surface area contributed by atoms with Crippen molar-refractivity contribution in [3.8, 4) is 0 Å². The molecule has 104 valence electrons. The van der Waals surface area contributed by atoms with Gasteiger partial charge in [0.15, 0.2) is 0 Å². The molecular formula is C19H22O. The van der Waals surface area contributed by atoms with Gasteiger partial charge in [-0.1, -0.05) is 49.4 Å². The summed E-state index contributed by atoms with van der Waals surface area (Å²) < 4.78 is 0. The Morgan fingerprint density at radius 2 is 1.90 bits per heavy atom. The summed E-state index contributed by atoms with van der Waals surface area (Å²) in [6, 6.07) is 15.4. The first-order valence-corrected chi connectivity index (χ1v) is 7.91. The molecular weight excluding hydrogens is 244 g/mol. The lowest BCUT2D eigenvalue weighted by Crippen LogP contribution is -2.39. The molecule has 1 heteroatoms. The number of aliphatic hydroxyl groups excluding tert-OH is 1. The van der Waals surface area contributed by atoms with Crippen molar-refractivity contribution >= 4 is 10.8 Å². The van der Waals surface area contributed by atoms with Crippen LogP contribution in [0.3, 0.4) is 0 Å². The first-order chi connectivity index (χ1) is 9.74. The predicted octanol–water partition coefficient (Wildman–Crippen LogP) is 4.28. The zero-order valence-corrected chi connectivity index (χ0v) is 12.0. The Bertz CT molecular complexity index is 642. The maximum Gasteiger partial charge on any atom is 0.0579 e. The molecule has 0 saturated heterocycles. The normalized spacial score (nSPS) is 35.8. The molecule has 2 aromatic carbocycles. The highest BCUT2D eigenvalue weighted by Gasteiger charge is 2.55. The molecule has 1 nitrogen and oxygen atoms in total. The second-order valence-corrected chi connectivity index (χ2v) is 6.75. The van der Waals surface area contributed by atoms with Crippen molar-refractivity contribution in [3.63, 3.8) is 0 Å². The van der Waals surface area contributed by atoms with Crippen molar-refractivity contribution < 1.29 is 5.11 Å². The monoisotopic (exact) mass is 266 g/mol. The van der Waals surface area contributed by atoms with Gasteiger partial charge >= 0.3 is 0 Å². The zero-order valence-electron chi connectivity index (χ0n) is 12.0. The minimum Gasteiger partial charge on any atom is -0.393 e. The van der Waals surface area contributed by atoms with Crippen molar-refractivity contribution in [2.45, 2.75) is 44.1 Å². The first-order valence-electron chi connectivity index (χ1n) is 7.91. The highest BCUT2D eigenvalue weighted by molar-refractivity contribution is 5.86. The molecule has 0 aliphatic heterocycles. The van der Waals surface area contributed by atoms with Crippen LogP contribution in [0.5, 0.6) is 0 Å². The van der Waals surface area contributed by atoms with E-state index in [-0.39, 0.29) is 11.5 Å². The fourth-order valence-electron chi connectivity index (χ4n) is 5.11. The third-order valence-corrected chi connectivity index (χ3v) is 5.95. The number of rotatable bonds is 2. The van der Waals surface area contributed by atoms with E-state index in [1.54, 1.807) is 0 Å². The lowest BCUT2D eigenvalue weighted by atomic mass is 9.65. The summed E-state index contributed by atoms with van der Waals surface area (Å²) in [7, 11) is 0. The van der Waals surface area contributed by atoms with Gasteiger partial charge in [-0.25, -0.2) is 0 Å². The third kappa shape index (κ3) is 1.53. The first kappa shape index (κ1) is 12.4. The van der Waals surface area contributed by atoms with E-state index in [2.05, 4.69) is 49.4 Å². The van der Waals surface area contributed by atoms with E-state index in [4.69, 9.17) is 0 Å². The van der Waals surface area contributed by atoms with Crippen LogP contribution in [0.15, 0.2) is 42.5 Å². The van der Waals surface area contributed by atoms with Crippen molar-refractivity contribution in [2.24, 2.45) is 11.8 Å². The molecule has 0 heterocycles. The number of hydrogen-bond acceptors (Lipinski definition) is 1. The molecule has 20 heavy (non-hydrogen) atoms. The molecule has 0 radical (unpaired) electrons. The van der Waals surface area contributed by atoms with Crippen LogP contribution in [0, 0.1) is 11.8 Å². The van der Waals surface area contributed by atoms with Crippen LogP contribution >= 0.6 is 0 Å². The Morgan fingerprint density at radius 1 is 1.10 bits per heavy atom. The summed E-state index contributed by atoms with van der Waals surface area (Å²) in [6.45, 7) is 2.30. The summed E-state index contributed by atoms with van der Waals surface area (Å²) in [4.78, 5) is 0. The summed E-state index contributed by atoms with van der Waals surface area (Å²) in [5.74, 6) is 1.19. The number of aliphatic hydroxyl groups is 1. The third-order valence-electron chi connectivity index (χ3n) is 5.95. The summed E-state index contributed by atoms with van der Waals surface area (Å²) in [5, 5.41) is 13.1. The Labute approximate surface area is 120 Å². The molecule has 2 aliphatic carbocycles. The molecule has 4 atom stereocenters. The van der Waals surface area contributed by atoms with E-state index in [1.165, 1.54) is 29.2 Å². The van der Waals surface area contributed by atoms with E-state index >= 15 is 0 Å². The van der Waals surface area contributed by atoms with Gasteiger partial charge < -0.3 is 5.11 Å². The summed E-state index contributed by atoms with van der Waals surface area (Å²) in [5.41, 5.74) is 1.67. The maximum absolute atomic E-state index is 10.4. The average molecular weight is 266 g/mol. The molecule has 2 aliphatic rings. The quantitative estimate of drug-likeness (QED) is 0.860. The van der Waals surface area contributed by atoms with Crippen LogP contribution in [0.2, 0.25) is 0 Å². The molecule has 1 N–H and O–H groups in total. The van der Waals surface area contributed by atoms with E-state index in [0.717, 1.165) is 18.8 Å². The standard InChI is InChI=1S/C19H22O/c1-2-19(12-13-10-17(19)18(20)11-13)16-9-5-7-14-6-3-4-8-15(14)16/h3-9,13,17-18,20H,2,10-12H2,1H3. The molecule has 0 amide bonds. The molecule has 2 bridgehead atoms. The van der Waals surface area contributed by atoms with E-state index in [9.17, 15) is 5.11 Å². The predicted molar refractivity (Wildman–Crippen MR) is 82.8 cm³/mol. The van der Waals surface area contributed by atoms with Crippen LogP contribution in [0.1, 0.15) is 38.2 Å². The molecule has 4 rings (SSSR count). The van der Waals surface area contributed by atoms with E-state index in [1.807, 2.05) is 0 Å². The lowest BCUT2D eigenvalue weighted by molar-refractivity contribution is 0.0614. The van der Waals surface area contributed by atoms with Crippen molar-refractivity contribution in [2.75, 3.05) is 0 Å². The van der Waals surface area contributed by atoms with Crippen LogP contribution in [-0.4, -0.2) is 11.2 Å². The lowest BCUT2D eigenvalue weighted by Gasteiger charge is -2.40.